The number of rotatable bonds is 10. The Kier molecular flexibility index (Phi) is 13.0. The molecule has 1 saturated heterocycles. The van der Waals surface area contributed by atoms with Gasteiger partial charge >= 0.3 is 0 Å². The molecular formula is C19H38IN7S. The summed E-state index contributed by atoms with van der Waals surface area (Å²) in [7, 11) is 0. The molecule has 0 aromatic carbocycles. The SMILES string of the molecule is CCNC(=NCCCCN(CC)CC)N1CCN(c2nc(CC)ns2)CC1.I. The van der Waals surface area contributed by atoms with Crippen LogP contribution in [0.5, 0.6) is 0 Å². The Balaban J connectivity index is 0.00000392. The van der Waals surface area contributed by atoms with Crippen LogP contribution in [-0.4, -0.2) is 84.0 Å². The molecule has 7 nitrogen and oxygen atoms in total. The van der Waals surface area contributed by atoms with E-state index in [4.69, 9.17) is 4.99 Å². The number of hydrogen-bond acceptors (Lipinski definition) is 6. The minimum absolute atomic E-state index is 0. The van der Waals surface area contributed by atoms with Crippen molar-refractivity contribution in [3.05, 3.63) is 5.82 Å². The van der Waals surface area contributed by atoms with Gasteiger partial charge in [0.25, 0.3) is 0 Å². The summed E-state index contributed by atoms with van der Waals surface area (Å²) in [4.78, 5) is 16.7. The number of unbranched alkanes of at least 4 members (excludes halogenated alkanes) is 1. The van der Waals surface area contributed by atoms with Crippen LogP contribution in [0, 0.1) is 0 Å². The summed E-state index contributed by atoms with van der Waals surface area (Å²) in [5.74, 6) is 2.02. The summed E-state index contributed by atoms with van der Waals surface area (Å²) in [6, 6.07) is 0. The normalized spacial score (nSPS) is 15.1. The van der Waals surface area contributed by atoms with Gasteiger partial charge in [0.1, 0.15) is 5.82 Å². The zero-order valence-corrected chi connectivity index (χ0v) is 21.1. The summed E-state index contributed by atoms with van der Waals surface area (Å²) in [5.41, 5.74) is 0. The second-order valence-corrected chi connectivity index (χ2v) is 7.52. The molecule has 0 bridgehead atoms. The number of anilines is 1. The maximum absolute atomic E-state index is 4.87. The Labute approximate surface area is 192 Å². The lowest BCUT2D eigenvalue weighted by Gasteiger charge is -2.36. The first kappa shape index (κ1) is 25.4. The van der Waals surface area contributed by atoms with E-state index in [0.717, 1.165) is 82.1 Å². The molecule has 1 aromatic heterocycles. The predicted octanol–water partition coefficient (Wildman–Crippen LogP) is 2.93. The van der Waals surface area contributed by atoms with Gasteiger partial charge in [0.2, 0.25) is 5.13 Å². The van der Waals surface area contributed by atoms with Gasteiger partial charge in [0, 0.05) is 57.2 Å². The van der Waals surface area contributed by atoms with Gasteiger partial charge < -0.3 is 20.0 Å². The van der Waals surface area contributed by atoms with E-state index < -0.39 is 0 Å². The number of halogens is 1. The van der Waals surface area contributed by atoms with Crippen molar-refractivity contribution in [2.45, 2.75) is 47.0 Å². The maximum Gasteiger partial charge on any atom is 0.205 e. The number of piperazine rings is 1. The molecule has 2 heterocycles. The van der Waals surface area contributed by atoms with Crippen LogP contribution in [-0.2, 0) is 6.42 Å². The van der Waals surface area contributed by atoms with Crippen LogP contribution in [0.2, 0.25) is 0 Å². The van der Waals surface area contributed by atoms with E-state index >= 15 is 0 Å². The summed E-state index contributed by atoms with van der Waals surface area (Å²) in [6.07, 6.45) is 3.27. The number of nitrogens with zero attached hydrogens (tertiary/aromatic N) is 6. The Hall–Kier alpha value is -0.680. The van der Waals surface area contributed by atoms with Gasteiger partial charge in [-0.25, -0.2) is 4.98 Å². The first-order chi connectivity index (χ1) is 13.2. The standard InChI is InChI=1S/C19H37N7S.HI/c1-5-17-22-19(27-23-17)26-15-13-25(14-16-26)18(20-6-2)21-11-9-10-12-24(7-3)8-4;/h5-16H2,1-4H3,(H,20,21);1H. The Morgan fingerprint density at radius 1 is 1.11 bits per heavy atom. The molecule has 0 atom stereocenters. The van der Waals surface area contributed by atoms with E-state index in [2.05, 4.69) is 57.1 Å². The van der Waals surface area contributed by atoms with E-state index in [1.165, 1.54) is 24.5 Å². The highest BCUT2D eigenvalue weighted by Gasteiger charge is 2.21. The van der Waals surface area contributed by atoms with E-state index in [1.54, 1.807) is 0 Å². The quantitative estimate of drug-likeness (QED) is 0.220. The molecule has 0 aliphatic carbocycles. The molecule has 9 heteroatoms. The lowest BCUT2D eigenvalue weighted by Crippen LogP contribution is -2.52. The van der Waals surface area contributed by atoms with Crippen molar-refractivity contribution in [3.63, 3.8) is 0 Å². The topological polar surface area (TPSA) is 59.9 Å². The molecule has 1 aromatic rings. The molecule has 0 radical (unpaired) electrons. The Bertz CT molecular complexity index is 554. The lowest BCUT2D eigenvalue weighted by molar-refractivity contribution is 0.297. The van der Waals surface area contributed by atoms with Crippen LogP contribution >= 0.6 is 35.5 Å². The number of aromatic nitrogens is 2. The molecule has 0 spiro atoms. The van der Waals surface area contributed by atoms with Crippen molar-refractivity contribution in [1.29, 1.82) is 0 Å². The number of hydrogen-bond donors (Lipinski definition) is 1. The average molecular weight is 524 g/mol. The zero-order valence-electron chi connectivity index (χ0n) is 18.0. The van der Waals surface area contributed by atoms with E-state index in [9.17, 15) is 0 Å². The van der Waals surface area contributed by atoms with Gasteiger partial charge in [-0.1, -0.05) is 20.8 Å². The molecule has 1 N–H and O–H groups in total. The molecule has 0 unspecified atom stereocenters. The van der Waals surface area contributed by atoms with Gasteiger partial charge in [-0.3, -0.25) is 4.99 Å². The third kappa shape index (κ3) is 7.98. The summed E-state index contributed by atoms with van der Waals surface area (Å²) in [6.45, 7) is 17.9. The van der Waals surface area contributed by atoms with Crippen LogP contribution in [0.15, 0.2) is 4.99 Å². The average Bonchev–Trinajstić information content (AvgIpc) is 3.19. The molecule has 1 aliphatic rings. The summed E-state index contributed by atoms with van der Waals surface area (Å²) < 4.78 is 4.41. The van der Waals surface area contributed by atoms with Gasteiger partial charge in [-0.2, -0.15) is 4.37 Å². The van der Waals surface area contributed by atoms with Gasteiger partial charge in [0.15, 0.2) is 5.96 Å². The molecule has 28 heavy (non-hydrogen) atoms. The predicted molar refractivity (Wildman–Crippen MR) is 131 cm³/mol. The van der Waals surface area contributed by atoms with Gasteiger partial charge in [-0.15, -0.1) is 24.0 Å². The van der Waals surface area contributed by atoms with Crippen molar-refractivity contribution in [2.75, 3.05) is 63.8 Å². The molecule has 162 valence electrons. The minimum Gasteiger partial charge on any atom is -0.357 e. The zero-order chi connectivity index (χ0) is 19.5. The molecule has 1 aliphatic heterocycles. The van der Waals surface area contributed by atoms with E-state index in [-0.39, 0.29) is 24.0 Å². The maximum atomic E-state index is 4.87. The minimum atomic E-state index is 0. The highest BCUT2D eigenvalue weighted by Crippen LogP contribution is 2.19. The van der Waals surface area contributed by atoms with Crippen molar-refractivity contribution < 1.29 is 0 Å². The van der Waals surface area contributed by atoms with Gasteiger partial charge in [-0.05, 0) is 39.4 Å². The summed E-state index contributed by atoms with van der Waals surface area (Å²) >= 11 is 1.52. The van der Waals surface area contributed by atoms with Crippen molar-refractivity contribution >= 4 is 46.6 Å². The molecule has 2 rings (SSSR count). The van der Waals surface area contributed by atoms with Crippen molar-refractivity contribution in [3.8, 4) is 0 Å². The number of nitrogens with one attached hydrogen (secondary N) is 1. The van der Waals surface area contributed by atoms with E-state index in [1.807, 2.05) is 0 Å². The highest BCUT2D eigenvalue weighted by atomic mass is 127. The second-order valence-electron chi connectivity index (χ2n) is 6.79. The van der Waals surface area contributed by atoms with Crippen molar-refractivity contribution in [2.24, 2.45) is 4.99 Å². The fourth-order valence-electron chi connectivity index (χ4n) is 3.22. The molecule has 0 amide bonds. The summed E-state index contributed by atoms with van der Waals surface area (Å²) in [5, 5.41) is 4.52. The lowest BCUT2D eigenvalue weighted by atomic mass is 10.3. The number of aryl methyl sites for hydroxylation is 1. The fraction of sp³-hybridized carbons (Fsp3) is 0.842. The fourth-order valence-corrected chi connectivity index (χ4v) is 4.03. The van der Waals surface area contributed by atoms with Crippen LogP contribution < -0.4 is 10.2 Å². The van der Waals surface area contributed by atoms with E-state index in [0.29, 0.717) is 0 Å². The van der Waals surface area contributed by atoms with Gasteiger partial charge in [0.05, 0.1) is 0 Å². The first-order valence-corrected chi connectivity index (χ1v) is 11.3. The molecule has 1 fully saturated rings. The van der Waals surface area contributed by atoms with Crippen LogP contribution in [0.4, 0.5) is 5.13 Å². The van der Waals surface area contributed by atoms with Crippen LogP contribution in [0.3, 0.4) is 0 Å². The third-order valence-electron chi connectivity index (χ3n) is 5.00. The smallest absolute Gasteiger partial charge is 0.205 e. The largest absolute Gasteiger partial charge is 0.357 e. The van der Waals surface area contributed by atoms with Crippen LogP contribution in [0.1, 0.15) is 46.4 Å². The first-order valence-electron chi connectivity index (χ1n) is 10.5. The Morgan fingerprint density at radius 3 is 2.39 bits per heavy atom. The van der Waals surface area contributed by atoms with Crippen molar-refractivity contribution in [1.82, 2.24) is 24.5 Å². The molecule has 0 saturated carbocycles. The second kappa shape index (κ2) is 14.3. The monoisotopic (exact) mass is 523 g/mol. The number of aliphatic imine (C=N–C) groups is 1. The highest BCUT2D eigenvalue weighted by molar-refractivity contribution is 14.0. The van der Waals surface area contributed by atoms with Crippen LogP contribution in [0.25, 0.3) is 0 Å². The molecular weight excluding hydrogens is 485 g/mol. The Morgan fingerprint density at radius 2 is 1.82 bits per heavy atom. The third-order valence-corrected chi connectivity index (χ3v) is 5.81. The number of guanidine groups is 1.